The Morgan fingerprint density at radius 2 is 1.24 bits per heavy atom. The van der Waals surface area contributed by atoms with Crippen LogP contribution >= 0.6 is 0 Å². The third-order valence-electron chi connectivity index (χ3n) is 5.35. The molecule has 25 heavy (non-hydrogen) atoms. The van der Waals surface area contributed by atoms with Gasteiger partial charge in [-0.15, -0.1) is 0 Å². The Hall–Kier alpha value is -0.790. The van der Waals surface area contributed by atoms with Crippen LogP contribution in [0.2, 0.25) is 0 Å². The molecular weight excluding hydrogens is 304 g/mol. The molecule has 0 spiro atoms. The normalized spacial score (nSPS) is 11.3. The van der Waals surface area contributed by atoms with Crippen LogP contribution in [0.3, 0.4) is 0 Å². The van der Waals surface area contributed by atoms with Crippen LogP contribution in [-0.2, 0) is 19.5 Å². The summed E-state index contributed by atoms with van der Waals surface area (Å²) in [6, 6.07) is 0. The summed E-state index contributed by atoms with van der Waals surface area (Å²) in [6.45, 7) is 9.30. The van der Waals surface area contributed by atoms with Gasteiger partial charge in [0.1, 0.15) is 12.4 Å². The number of unbranched alkanes of at least 4 members (excludes halogenated alkanes) is 11. The van der Waals surface area contributed by atoms with E-state index in [9.17, 15) is 0 Å². The van der Waals surface area contributed by atoms with Gasteiger partial charge in [-0.1, -0.05) is 85.0 Å². The van der Waals surface area contributed by atoms with Crippen LogP contribution in [0.5, 0.6) is 0 Å². The summed E-state index contributed by atoms with van der Waals surface area (Å²) in [5.41, 5.74) is 0. The molecule has 0 saturated carbocycles. The van der Waals surface area contributed by atoms with E-state index < -0.39 is 0 Å². The first kappa shape index (κ1) is 22.3. The van der Waals surface area contributed by atoms with E-state index in [-0.39, 0.29) is 0 Å². The van der Waals surface area contributed by atoms with Crippen molar-refractivity contribution in [3.63, 3.8) is 0 Å². The molecule has 0 aliphatic rings. The summed E-state index contributed by atoms with van der Waals surface area (Å²) in [5.74, 6) is 1.58. The summed E-state index contributed by atoms with van der Waals surface area (Å²) in [6.07, 6.45) is 25.2. The monoisotopic (exact) mass is 349 g/mol. The zero-order valence-electron chi connectivity index (χ0n) is 17.6. The van der Waals surface area contributed by atoms with E-state index in [0.717, 1.165) is 0 Å². The van der Waals surface area contributed by atoms with Crippen molar-refractivity contribution in [3.05, 3.63) is 18.2 Å². The first-order valence-corrected chi connectivity index (χ1v) is 11.4. The Balaban J connectivity index is 2.37. The lowest BCUT2D eigenvalue weighted by Crippen LogP contribution is -2.37. The standard InChI is InChI=1S/C23H45N2/c1-4-7-10-12-13-14-15-16-18-23-24(19-9-6-3)21-22-25(23)20-17-11-8-5-2/h21-22H,4-20H2,1-3H3/q+1. The van der Waals surface area contributed by atoms with Crippen molar-refractivity contribution in [1.82, 2.24) is 4.57 Å². The fourth-order valence-corrected chi connectivity index (χ4v) is 3.65. The maximum absolute atomic E-state index is 2.55. The molecule has 0 N–H and O–H groups in total. The second-order valence-corrected chi connectivity index (χ2v) is 7.74. The molecule has 0 aromatic carbocycles. The summed E-state index contributed by atoms with van der Waals surface area (Å²) in [5, 5.41) is 0. The Labute approximate surface area is 158 Å². The van der Waals surface area contributed by atoms with Gasteiger partial charge in [0.25, 0.3) is 5.82 Å². The molecule has 0 atom stereocenters. The van der Waals surface area contributed by atoms with Crippen LogP contribution in [0.25, 0.3) is 0 Å². The molecule has 0 unspecified atom stereocenters. The van der Waals surface area contributed by atoms with Gasteiger partial charge in [-0.05, 0) is 25.7 Å². The van der Waals surface area contributed by atoms with Crippen molar-refractivity contribution in [2.45, 2.75) is 130 Å². The van der Waals surface area contributed by atoms with E-state index in [1.807, 2.05) is 0 Å². The highest BCUT2D eigenvalue weighted by Gasteiger charge is 2.16. The van der Waals surface area contributed by atoms with Crippen molar-refractivity contribution >= 4 is 0 Å². The molecule has 0 fully saturated rings. The number of aryl methyl sites for hydroxylation is 2. The van der Waals surface area contributed by atoms with Crippen molar-refractivity contribution in [2.75, 3.05) is 0 Å². The molecule has 1 rings (SSSR count). The zero-order chi connectivity index (χ0) is 18.2. The molecule has 0 bridgehead atoms. The van der Waals surface area contributed by atoms with E-state index in [0.29, 0.717) is 0 Å². The SMILES string of the molecule is CCCCCCCCCCc1n(CCCC)cc[n+]1CCCCCC. The van der Waals surface area contributed by atoms with E-state index >= 15 is 0 Å². The number of imidazole rings is 1. The third kappa shape index (κ3) is 10.1. The maximum atomic E-state index is 2.55. The lowest BCUT2D eigenvalue weighted by Gasteiger charge is -2.06. The maximum Gasteiger partial charge on any atom is 0.256 e. The van der Waals surface area contributed by atoms with Gasteiger partial charge < -0.3 is 0 Å². The minimum atomic E-state index is 1.20. The summed E-state index contributed by atoms with van der Waals surface area (Å²) in [7, 11) is 0. The Morgan fingerprint density at radius 3 is 1.88 bits per heavy atom. The van der Waals surface area contributed by atoms with Crippen LogP contribution in [0.4, 0.5) is 0 Å². The molecule has 1 heterocycles. The summed E-state index contributed by atoms with van der Waals surface area (Å²) >= 11 is 0. The van der Waals surface area contributed by atoms with Gasteiger partial charge in [-0.3, -0.25) is 0 Å². The molecule has 0 radical (unpaired) electrons. The van der Waals surface area contributed by atoms with Gasteiger partial charge in [0, 0.05) is 6.42 Å². The topological polar surface area (TPSA) is 8.81 Å². The Morgan fingerprint density at radius 1 is 0.680 bits per heavy atom. The van der Waals surface area contributed by atoms with Gasteiger partial charge in [-0.25, -0.2) is 9.13 Å². The number of hydrogen-bond acceptors (Lipinski definition) is 0. The minimum Gasteiger partial charge on any atom is -0.234 e. The molecule has 0 saturated heterocycles. The molecule has 0 aliphatic heterocycles. The quantitative estimate of drug-likeness (QED) is 0.215. The predicted molar refractivity (Wildman–Crippen MR) is 110 cm³/mol. The van der Waals surface area contributed by atoms with E-state index in [1.54, 1.807) is 5.82 Å². The van der Waals surface area contributed by atoms with Gasteiger partial charge >= 0.3 is 0 Å². The molecule has 2 nitrogen and oxygen atoms in total. The predicted octanol–water partition coefficient (Wildman–Crippen LogP) is 6.84. The molecule has 2 heteroatoms. The number of hydrogen-bond donors (Lipinski definition) is 0. The van der Waals surface area contributed by atoms with Crippen LogP contribution in [-0.4, -0.2) is 4.57 Å². The van der Waals surface area contributed by atoms with Crippen molar-refractivity contribution in [2.24, 2.45) is 0 Å². The second-order valence-electron chi connectivity index (χ2n) is 7.74. The molecule has 146 valence electrons. The van der Waals surface area contributed by atoms with E-state index in [1.165, 1.54) is 109 Å². The van der Waals surface area contributed by atoms with Crippen molar-refractivity contribution in [3.8, 4) is 0 Å². The fraction of sp³-hybridized carbons (Fsp3) is 0.870. The third-order valence-corrected chi connectivity index (χ3v) is 5.35. The average Bonchev–Trinajstić information content (AvgIpc) is 3.01. The molecule has 0 amide bonds. The summed E-state index contributed by atoms with van der Waals surface area (Å²) < 4.78 is 5.08. The van der Waals surface area contributed by atoms with Crippen LogP contribution in [0, 0.1) is 0 Å². The first-order valence-electron chi connectivity index (χ1n) is 11.4. The average molecular weight is 350 g/mol. The van der Waals surface area contributed by atoms with Gasteiger partial charge in [0.2, 0.25) is 0 Å². The van der Waals surface area contributed by atoms with Gasteiger partial charge in [0.15, 0.2) is 0 Å². The smallest absolute Gasteiger partial charge is 0.234 e. The van der Waals surface area contributed by atoms with E-state index in [4.69, 9.17) is 0 Å². The van der Waals surface area contributed by atoms with Gasteiger partial charge in [-0.2, -0.15) is 0 Å². The van der Waals surface area contributed by atoms with Crippen molar-refractivity contribution < 1.29 is 4.57 Å². The number of rotatable bonds is 17. The lowest BCUT2D eigenvalue weighted by atomic mass is 10.1. The number of aromatic nitrogens is 2. The van der Waals surface area contributed by atoms with Crippen LogP contribution in [0.1, 0.15) is 116 Å². The van der Waals surface area contributed by atoms with Crippen molar-refractivity contribution in [1.29, 1.82) is 0 Å². The zero-order valence-corrected chi connectivity index (χ0v) is 17.6. The minimum absolute atomic E-state index is 1.20. The Bertz CT molecular complexity index is 408. The van der Waals surface area contributed by atoms with E-state index in [2.05, 4.69) is 42.3 Å². The highest BCUT2D eigenvalue weighted by atomic mass is 15.1. The first-order chi connectivity index (χ1) is 12.3. The molecule has 1 aromatic rings. The lowest BCUT2D eigenvalue weighted by molar-refractivity contribution is -0.704. The molecular formula is C23H45N2+. The second kappa shape index (κ2) is 15.5. The Kier molecular flexibility index (Phi) is 13.8. The molecule has 1 aromatic heterocycles. The highest BCUT2D eigenvalue weighted by Crippen LogP contribution is 2.11. The molecule has 0 aliphatic carbocycles. The van der Waals surface area contributed by atoms with Crippen LogP contribution < -0.4 is 4.57 Å². The summed E-state index contributed by atoms with van der Waals surface area (Å²) in [4.78, 5) is 0. The van der Waals surface area contributed by atoms with Gasteiger partial charge in [0.05, 0.1) is 13.1 Å². The largest absolute Gasteiger partial charge is 0.256 e. The highest BCUT2D eigenvalue weighted by molar-refractivity contribution is 4.84. The van der Waals surface area contributed by atoms with Crippen LogP contribution in [0.15, 0.2) is 12.4 Å². The number of nitrogens with zero attached hydrogens (tertiary/aromatic N) is 2. The fourth-order valence-electron chi connectivity index (χ4n) is 3.65.